The van der Waals surface area contributed by atoms with Gasteiger partial charge in [0.15, 0.2) is 0 Å². The normalized spacial score (nSPS) is 26.2. The first-order chi connectivity index (χ1) is 14.5. The molecule has 30 heavy (non-hydrogen) atoms. The van der Waals surface area contributed by atoms with Gasteiger partial charge >= 0.3 is 5.97 Å². The molecule has 1 aromatic rings. The molecule has 6 unspecified atom stereocenters. The van der Waals surface area contributed by atoms with Crippen molar-refractivity contribution in [1.82, 2.24) is 0 Å². The van der Waals surface area contributed by atoms with E-state index in [2.05, 4.69) is 17.0 Å². The Hall–Kier alpha value is -2.65. The molecule has 1 aromatic carbocycles. The molecular weight excluding hydrogens is 382 g/mol. The smallest absolute Gasteiger partial charge is 0.303 e. The van der Waals surface area contributed by atoms with Crippen LogP contribution in [0.5, 0.6) is 5.75 Å². The highest BCUT2D eigenvalue weighted by molar-refractivity contribution is 5.66. The Labute approximate surface area is 177 Å². The Bertz CT molecular complexity index is 868. The zero-order chi connectivity index (χ0) is 21.7. The number of aliphatic carboxylic acids is 1. The van der Waals surface area contributed by atoms with Gasteiger partial charge in [0.2, 0.25) is 0 Å². The van der Waals surface area contributed by atoms with Crippen molar-refractivity contribution in [3.05, 3.63) is 46.4 Å². The molecule has 160 valence electrons. The molecule has 1 saturated carbocycles. The predicted molar refractivity (Wildman–Crippen MR) is 114 cm³/mol. The molecule has 6 atom stereocenters. The summed E-state index contributed by atoms with van der Waals surface area (Å²) in [6.45, 7) is 3.72. The fraction of sp³-hybridized carbons (Fsp3) is 0.542. The topological polar surface area (TPSA) is 96.2 Å². The van der Waals surface area contributed by atoms with Crippen molar-refractivity contribution in [3.8, 4) is 17.6 Å². The average Bonchev–Trinajstić information content (AvgIpc) is 3.22. The van der Waals surface area contributed by atoms with E-state index in [9.17, 15) is 14.8 Å². The molecule has 0 aromatic heterocycles. The average molecular weight is 411 g/mol. The number of aliphatic hydroxyl groups is 1. The molecule has 0 bridgehead atoms. The summed E-state index contributed by atoms with van der Waals surface area (Å²) in [7, 11) is 0. The standard InChI is InChI=1S/C24H29NO5/c1-3-4-7-15(2)19(25-29)13-12-17-20(26)14-21-23(17)18-10-5-8-16(24(18)30-21)9-6-11-22(27)28/h5,8,10,12-13,15,17,19-21,23,26H,6-7,9,11,14H2,1-2H3,(H,27,28). The maximum Gasteiger partial charge on any atom is 0.303 e. The number of hydrogen-bond donors (Lipinski definition) is 2. The summed E-state index contributed by atoms with van der Waals surface area (Å²) < 4.78 is 6.21. The summed E-state index contributed by atoms with van der Waals surface area (Å²) in [6.07, 6.45) is 5.52. The maximum atomic E-state index is 11.3. The molecule has 2 aliphatic rings. The minimum absolute atomic E-state index is 0.00787. The van der Waals surface area contributed by atoms with Crippen LogP contribution in [-0.2, 0) is 11.2 Å². The van der Waals surface area contributed by atoms with Gasteiger partial charge in [-0.05, 0) is 31.2 Å². The summed E-state index contributed by atoms with van der Waals surface area (Å²) in [4.78, 5) is 22.2. The molecule has 1 aliphatic heterocycles. The molecule has 1 heterocycles. The van der Waals surface area contributed by atoms with Crippen molar-refractivity contribution in [2.75, 3.05) is 0 Å². The van der Waals surface area contributed by atoms with E-state index < -0.39 is 18.1 Å². The van der Waals surface area contributed by atoms with E-state index >= 15 is 0 Å². The highest BCUT2D eigenvalue weighted by Gasteiger charge is 2.48. The number of nitroso groups, excluding NO2 is 1. The van der Waals surface area contributed by atoms with Crippen molar-refractivity contribution < 1.29 is 19.7 Å². The van der Waals surface area contributed by atoms with Crippen LogP contribution < -0.4 is 4.74 Å². The molecule has 6 nitrogen and oxygen atoms in total. The summed E-state index contributed by atoms with van der Waals surface area (Å²) in [6, 6.07) is 5.48. The van der Waals surface area contributed by atoms with E-state index in [1.807, 2.05) is 31.2 Å². The molecule has 1 aliphatic carbocycles. The van der Waals surface area contributed by atoms with Gasteiger partial charge in [-0.25, -0.2) is 0 Å². The van der Waals surface area contributed by atoms with E-state index in [4.69, 9.17) is 9.84 Å². The lowest BCUT2D eigenvalue weighted by atomic mass is 9.85. The second kappa shape index (κ2) is 9.90. The van der Waals surface area contributed by atoms with Crippen LogP contribution in [0.1, 0.15) is 56.6 Å². The molecule has 1 fully saturated rings. The number of nitrogens with zero attached hydrogens (tertiary/aromatic N) is 1. The SMILES string of the molecule is CC#CCC(C)C(C=CC1C(O)CC2Oc3c(CCCC(=O)O)cccc3C21)N=O. The van der Waals surface area contributed by atoms with E-state index in [0.29, 0.717) is 25.7 Å². The fourth-order valence-corrected chi connectivity index (χ4v) is 4.55. The van der Waals surface area contributed by atoms with Crippen LogP contribution in [0.2, 0.25) is 0 Å². The van der Waals surface area contributed by atoms with Crippen molar-refractivity contribution in [2.45, 2.75) is 70.1 Å². The van der Waals surface area contributed by atoms with E-state index in [-0.39, 0.29) is 30.3 Å². The molecule has 0 spiro atoms. The second-order valence-electron chi connectivity index (χ2n) is 8.23. The quantitative estimate of drug-likeness (QED) is 0.363. The zero-order valence-electron chi connectivity index (χ0n) is 17.5. The van der Waals surface area contributed by atoms with Crippen LogP contribution in [0.15, 0.2) is 35.5 Å². The van der Waals surface area contributed by atoms with Crippen molar-refractivity contribution in [3.63, 3.8) is 0 Å². The van der Waals surface area contributed by atoms with Crippen LogP contribution in [-0.4, -0.2) is 34.4 Å². The lowest BCUT2D eigenvalue weighted by molar-refractivity contribution is -0.137. The molecule has 3 rings (SSSR count). The summed E-state index contributed by atoms with van der Waals surface area (Å²) >= 11 is 0. The molecular formula is C24H29NO5. The second-order valence-corrected chi connectivity index (χ2v) is 8.23. The van der Waals surface area contributed by atoms with Gasteiger partial charge in [-0.1, -0.05) is 42.5 Å². The monoisotopic (exact) mass is 411 g/mol. The van der Waals surface area contributed by atoms with E-state index in [0.717, 1.165) is 16.9 Å². The summed E-state index contributed by atoms with van der Waals surface area (Å²) in [5, 5.41) is 22.8. The number of hydrogen-bond acceptors (Lipinski definition) is 5. The van der Waals surface area contributed by atoms with Crippen LogP contribution in [0, 0.1) is 28.6 Å². The van der Waals surface area contributed by atoms with Gasteiger partial charge in [-0.2, -0.15) is 4.91 Å². The number of para-hydroxylation sites is 1. The summed E-state index contributed by atoms with van der Waals surface area (Å²) in [5.74, 6) is 5.74. The lowest BCUT2D eigenvalue weighted by Gasteiger charge is -2.18. The number of aliphatic hydroxyl groups excluding tert-OH is 1. The third-order valence-corrected chi connectivity index (χ3v) is 6.16. The van der Waals surface area contributed by atoms with Gasteiger partial charge in [-0.15, -0.1) is 11.8 Å². The van der Waals surface area contributed by atoms with Crippen molar-refractivity contribution in [2.24, 2.45) is 17.0 Å². The van der Waals surface area contributed by atoms with Gasteiger partial charge in [0, 0.05) is 36.7 Å². The lowest BCUT2D eigenvalue weighted by Crippen LogP contribution is -2.18. The van der Waals surface area contributed by atoms with Gasteiger partial charge in [0.1, 0.15) is 17.9 Å². The molecule has 0 amide bonds. The van der Waals surface area contributed by atoms with Gasteiger partial charge in [0.25, 0.3) is 0 Å². The first kappa shape index (κ1) is 22.0. The number of ether oxygens (including phenoxy) is 1. The number of carboxylic acids is 1. The van der Waals surface area contributed by atoms with E-state index in [1.54, 1.807) is 13.0 Å². The number of carbonyl (C=O) groups is 1. The van der Waals surface area contributed by atoms with Crippen LogP contribution in [0.3, 0.4) is 0 Å². The summed E-state index contributed by atoms with van der Waals surface area (Å²) in [5.41, 5.74) is 2.07. The number of fused-ring (bicyclic) bond motifs is 3. The largest absolute Gasteiger partial charge is 0.489 e. The predicted octanol–water partition coefficient (Wildman–Crippen LogP) is 4.06. The van der Waals surface area contributed by atoms with E-state index in [1.165, 1.54) is 0 Å². The Balaban J connectivity index is 1.78. The van der Waals surface area contributed by atoms with Gasteiger partial charge < -0.3 is 14.9 Å². The molecule has 6 heteroatoms. The third-order valence-electron chi connectivity index (χ3n) is 6.16. The Morgan fingerprint density at radius 3 is 2.93 bits per heavy atom. The fourth-order valence-electron chi connectivity index (χ4n) is 4.55. The Kier molecular flexibility index (Phi) is 7.28. The highest BCUT2D eigenvalue weighted by atomic mass is 16.5. The van der Waals surface area contributed by atoms with Gasteiger partial charge in [0.05, 0.1) is 6.10 Å². The highest BCUT2D eigenvalue weighted by Crippen LogP contribution is 2.52. The first-order valence-electron chi connectivity index (χ1n) is 10.5. The molecule has 2 N–H and O–H groups in total. The van der Waals surface area contributed by atoms with Crippen molar-refractivity contribution in [1.29, 1.82) is 0 Å². The van der Waals surface area contributed by atoms with Crippen molar-refractivity contribution >= 4 is 5.97 Å². The Morgan fingerprint density at radius 1 is 1.43 bits per heavy atom. The minimum Gasteiger partial charge on any atom is -0.489 e. The Morgan fingerprint density at radius 2 is 2.23 bits per heavy atom. The minimum atomic E-state index is -0.800. The van der Waals surface area contributed by atoms with Crippen LogP contribution in [0.25, 0.3) is 0 Å². The third kappa shape index (κ3) is 4.73. The molecule has 0 saturated heterocycles. The van der Waals surface area contributed by atoms with Crippen LogP contribution in [0.4, 0.5) is 0 Å². The van der Waals surface area contributed by atoms with Crippen LogP contribution >= 0.6 is 0 Å². The van der Waals surface area contributed by atoms with Gasteiger partial charge in [-0.3, -0.25) is 4.79 Å². The maximum absolute atomic E-state index is 11.3. The number of carboxylic acid groups (broad SMARTS) is 1. The number of rotatable bonds is 9. The zero-order valence-corrected chi connectivity index (χ0v) is 17.5. The number of aryl methyl sites for hydroxylation is 1. The number of benzene rings is 1. The first-order valence-corrected chi connectivity index (χ1v) is 10.5. The molecule has 0 radical (unpaired) electrons.